The second kappa shape index (κ2) is 8.48. The molecule has 0 radical (unpaired) electrons. The highest BCUT2D eigenvalue weighted by molar-refractivity contribution is 7.92. The number of hydrogen-bond donors (Lipinski definition) is 1. The van der Waals surface area contributed by atoms with Crippen LogP contribution in [-0.4, -0.2) is 45.5 Å². The Morgan fingerprint density at radius 3 is 2.41 bits per heavy atom. The van der Waals surface area contributed by atoms with E-state index in [2.05, 4.69) is 4.72 Å². The molecular formula is C18H18Cl2N2O4S. The Bertz CT molecular complexity index is 927. The number of nitrogens with one attached hydrogen (secondary N) is 1. The van der Waals surface area contributed by atoms with Gasteiger partial charge < -0.3 is 9.64 Å². The van der Waals surface area contributed by atoms with Crippen molar-refractivity contribution in [2.45, 2.75) is 11.3 Å². The van der Waals surface area contributed by atoms with Gasteiger partial charge in [-0.25, -0.2) is 8.42 Å². The summed E-state index contributed by atoms with van der Waals surface area (Å²) in [6.45, 7) is 2.30. The average Bonchev–Trinajstić information content (AvgIpc) is 2.65. The van der Waals surface area contributed by atoms with Crippen molar-refractivity contribution in [2.75, 3.05) is 31.0 Å². The highest BCUT2D eigenvalue weighted by atomic mass is 35.5. The average molecular weight is 429 g/mol. The number of halogens is 2. The molecule has 1 amide bonds. The summed E-state index contributed by atoms with van der Waals surface area (Å²) in [5, 5.41) is 0.358. The Labute approximate surface area is 168 Å². The number of hydrogen-bond acceptors (Lipinski definition) is 4. The fraction of sp³-hybridized carbons (Fsp3) is 0.278. The van der Waals surface area contributed by atoms with Gasteiger partial charge in [0.1, 0.15) is 4.90 Å². The zero-order valence-corrected chi connectivity index (χ0v) is 16.6. The Kier molecular flexibility index (Phi) is 6.26. The molecule has 0 spiro atoms. The minimum atomic E-state index is -3.87. The molecule has 1 saturated heterocycles. The van der Waals surface area contributed by atoms with Crippen molar-refractivity contribution >= 4 is 44.8 Å². The van der Waals surface area contributed by atoms with Crippen molar-refractivity contribution in [1.29, 1.82) is 0 Å². The Hall–Kier alpha value is -1.80. The zero-order chi connectivity index (χ0) is 19.4. The van der Waals surface area contributed by atoms with E-state index in [-0.39, 0.29) is 27.3 Å². The first-order valence-electron chi connectivity index (χ1n) is 8.27. The summed E-state index contributed by atoms with van der Waals surface area (Å²) < 4.78 is 32.7. The van der Waals surface area contributed by atoms with Crippen molar-refractivity contribution in [3.63, 3.8) is 0 Å². The summed E-state index contributed by atoms with van der Waals surface area (Å²) >= 11 is 11.8. The standard InChI is InChI=1S/C18H18Cl2N2O4S/c19-14-3-6-16(20)17(12-14)27(24,25)21-15-4-1-13(2-5-15)11-18(23)22-7-9-26-10-8-22/h1-6,12,21H,7-11H2. The number of nitrogens with zero attached hydrogens (tertiary/aromatic N) is 1. The van der Waals surface area contributed by atoms with Crippen LogP contribution in [0.5, 0.6) is 0 Å². The smallest absolute Gasteiger partial charge is 0.263 e. The Balaban J connectivity index is 1.68. The molecule has 27 heavy (non-hydrogen) atoms. The number of anilines is 1. The number of amides is 1. The molecule has 144 valence electrons. The van der Waals surface area contributed by atoms with E-state index in [9.17, 15) is 13.2 Å². The van der Waals surface area contributed by atoms with Crippen LogP contribution < -0.4 is 4.72 Å². The van der Waals surface area contributed by atoms with E-state index in [4.69, 9.17) is 27.9 Å². The molecule has 0 bridgehead atoms. The predicted molar refractivity (Wildman–Crippen MR) is 105 cm³/mol. The van der Waals surface area contributed by atoms with E-state index in [1.807, 2.05) is 0 Å². The highest BCUT2D eigenvalue weighted by Crippen LogP contribution is 2.27. The van der Waals surface area contributed by atoms with E-state index in [1.165, 1.54) is 18.2 Å². The van der Waals surface area contributed by atoms with Gasteiger partial charge in [0.25, 0.3) is 10.0 Å². The van der Waals surface area contributed by atoms with E-state index in [0.717, 1.165) is 5.56 Å². The first kappa shape index (κ1) is 19.9. The zero-order valence-electron chi connectivity index (χ0n) is 14.3. The summed E-state index contributed by atoms with van der Waals surface area (Å²) in [6, 6.07) is 10.9. The van der Waals surface area contributed by atoms with Crippen molar-refractivity contribution < 1.29 is 17.9 Å². The normalized spacial score (nSPS) is 14.8. The van der Waals surface area contributed by atoms with Gasteiger partial charge >= 0.3 is 0 Å². The summed E-state index contributed by atoms with van der Waals surface area (Å²) in [5.74, 6) is 0.0253. The molecule has 3 rings (SSSR count). The van der Waals surface area contributed by atoms with Crippen LogP contribution in [0, 0.1) is 0 Å². The topological polar surface area (TPSA) is 75.7 Å². The maximum atomic E-state index is 12.5. The molecule has 0 atom stereocenters. The van der Waals surface area contributed by atoms with Crippen molar-refractivity contribution in [3.8, 4) is 0 Å². The molecule has 0 aliphatic carbocycles. The number of ether oxygens (including phenoxy) is 1. The summed E-state index contributed by atoms with van der Waals surface area (Å²) in [5.41, 5.74) is 1.17. The lowest BCUT2D eigenvalue weighted by molar-refractivity contribution is -0.134. The van der Waals surface area contributed by atoms with Gasteiger partial charge in [-0.15, -0.1) is 0 Å². The number of carbonyl (C=O) groups excluding carboxylic acids is 1. The second-order valence-electron chi connectivity index (χ2n) is 6.05. The predicted octanol–water partition coefficient (Wildman–Crippen LogP) is 3.20. The van der Waals surface area contributed by atoms with Crippen LogP contribution in [0.4, 0.5) is 5.69 Å². The molecule has 9 heteroatoms. The van der Waals surface area contributed by atoms with Crippen molar-refractivity contribution in [3.05, 3.63) is 58.1 Å². The lowest BCUT2D eigenvalue weighted by Crippen LogP contribution is -2.41. The van der Waals surface area contributed by atoms with Gasteiger partial charge in [0.2, 0.25) is 5.91 Å². The summed E-state index contributed by atoms with van der Waals surface area (Å²) in [6.07, 6.45) is 0.257. The van der Waals surface area contributed by atoms with Gasteiger partial charge in [0, 0.05) is 23.8 Å². The molecule has 1 aliphatic heterocycles. The molecule has 2 aromatic carbocycles. The van der Waals surface area contributed by atoms with Crippen LogP contribution in [0.1, 0.15) is 5.56 Å². The fourth-order valence-corrected chi connectivity index (χ4v) is 4.51. The number of carbonyl (C=O) groups is 1. The fourth-order valence-electron chi connectivity index (χ4n) is 2.68. The molecule has 1 fully saturated rings. The monoisotopic (exact) mass is 428 g/mol. The lowest BCUT2D eigenvalue weighted by atomic mass is 10.1. The number of sulfonamides is 1. The van der Waals surface area contributed by atoms with Crippen LogP contribution in [0.15, 0.2) is 47.4 Å². The van der Waals surface area contributed by atoms with E-state index in [1.54, 1.807) is 29.2 Å². The third-order valence-corrected chi connectivity index (χ3v) is 6.21. The number of rotatable bonds is 5. The minimum absolute atomic E-state index is 0.0253. The Morgan fingerprint density at radius 1 is 1.07 bits per heavy atom. The van der Waals surface area contributed by atoms with Gasteiger partial charge in [-0.3, -0.25) is 9.52 Å². The third kappa shape index (κ3) is 5.13. The second-order valence-corrected chi connectivity index (χ2v) is 8.54. The number of benzene rings is 2. The first-order chi connectivity index (χ1) is 12.8. The summed E-state index contributed by atoms with van der Waals surface area (Å²) in [7, 11) is -3.87. The molecule has 6 nitrogen and oxygen atoms in total. The first-order valence-corrected chi connectivity index (χ1v) is 10.5. The van der Waals surface area contributed by atoms with E-state index in [0.29, 0.717) is 32.0 Å². The molecule has 0 unspecified atom stereocenters. The molecular weight excluding hydrogens is 411 g/mol. The van der Waals surface area contributed by atoms with Gasteiger partial charge in [0.15, 0.2) is 0 Å². The maximum absolute atomic E-state index is 12.5. The van der Waals surface area contributed by atoms with Crippen LogP contribution in [0.3, 0.4) is 0 Å². The molecule has 1 N–H and O–H groups in total. The van der Waals surface area contributed by atoms with Gasteiger partial charge in [-0.1, -0.05) is 35.3 Å². The maximum Gasteiger partial charge on any atom is 0.263 e. The molecule has 1 aliphatic rings. The quantitative estimate of drug-likeness (QED) is 0.792. The molecule has 1 heterocycles. The minimum Gasteiger partial charge on any atom is -0.378 e. The van der Waals surface area contributed by atoms with Crippen molar-refractivity contribution in [1.82, 2.24) is 4.90 Å². The number of morpholine rings is 1. The van der Waals surface area contributed by atoms with Gasteiger partial charge in [-0.05, 0) is 35.9 Å². The van der Waals surface area contributed by atoms with Crippen LogP contribution in [-0.2, 0) is 26.0 Å². The van der Waals surface area contributed by atoms with Crippen LogP contribution >= 0.6 is 23.2 Å². The van der Waals surface area contributed by atoms with Crippen molar-refractivity contribution in [2.24, 2.45) is 0 Å². The van der Waals surface area contributed by atoms with Crippen LogP contribution in [0.25, 0.3) is 0 Å². The molecule has 2 aromatic rings. The SMILES string of the molecule is O=C(Cc1ccc(NS(=O)(=O)c2cc(Cl)ccc2Cl)cc1)N1CCOCC1. The van der Waals surface area contributed by atoms with E-state index < -0.39 is 10.0 Å². The third-order valence-electron chi connectivity index (χ3n) is 4.11. The largest absolute Gasteiger partial charge is 0.378 e. The summed E-state index contributed by atoms with van der Waals surface area (Å²) in [4.78, 5) is 13.9. The lowest BCUT2D eigenvalue weighted by Gasteiger charge is -2.26. The molecule has 0 aromatic heterocycles. The molecule has 0 saturated carbocycles. The van der Waals surface area contributed by atoms with Gasteiger partial charge in [0.05, 0.1) is 24.7 Å². The van der Waals surface area contributed by atoms with Gasteiger partial charge in [-0.2, -0.15) is 0 Å². The van der Waals surface area contributed by atoms with Crippen LogP contribution in [0.2, 0.25) is 10.0 Å². The van der Waals surface area contributed by atoms with E-state index >= 15 is 0 Å². The highest BCUT2D eigenvalue weighted by Gasteiger charge is 2.19. The Morgan fingerprint density at radius 2 is 1.74 bits per heavy atom.